The summed E-state index contributed by atoms with van der Waals surface area (Å²) in [5.74, 6) is -0.127. The maximum atomic E-state index is 12.4. The van der Waals surface area contributed by atoms with E-state index in [0.717, 1.165) is 11.3 Å². The zero-order valence-electron chi connectivity index (χ0n) is 13.8. The van der Waals surface area contributed by atoms with E-state index in [1.54, 1.807) is 48.0 Å². The molecule has 3 aromatic rings. The van der Waals surface area contributed by atoms with E-state index >= 15 is 0 Å². The van der Waals surface area contributed by atoms with Gasteiger partial charge in [-0.2, -0.15) is 0 Å². The lowest BCUT2D eigenvalue weighted by molar-refractivity contribution is 0.0949. The Labute approximate surface area is 154 Å². The fourth-order valence-electron chi connectivity index (χ4n) is 2.31. The number of hydrogen-bond donors (Lipinski definition) is 2. The van der Waals surface area contributed by atoms with Crippen molar-refractivity contribution in [3.63, 3.8) is 0 Å². The topological polar surface area (TPSA) is 94.3 Å². The lowest BCUT2D eigenvalue weighted by atomic mass is 10.1. The SMILES string of the molecule is NC(=O)c1cccc(CNC(=O)c2cccc(OCc3cscn3)c2)c1. The fraction of sp³-hybridized carbons (Fsp3) is 0.105. The number of amides is 2. The first-order valence-corrected chi connectivity index (χ1v) is 8.83. The molecule has 0 spiro atoms. The number of nitrogens with one attached hydrogen (secondary N) is 1. The molecule has 0 atom stereocenters. The number of rotatable bonds is 7. The third kappa shape index (κ3) is 4.67. The van der Waals surface area contributed by atoms with E-state index in [1.807, 2.05) is 11.4 Å². The van der Waals surface area contributed by atoms with Gasteiger partial charge in [-0.15, -0.1) is 11.3 Å². The number of nitrogens with two attached hydrogens (primary N) is 1. The van der Waals surface area contributed by atoms with Crippen LogP contribution in [0.2, 0.25) is 0 Å². The van der Waals surface area contributed by atoms with Gasteiger partial charge in [0.2, 0.25) is 5.91 Å². The first-order chi connectivity index (χ1) is 12.6. The minimum Gasteiger partial charge on any atom is -0.487 e. The molecule has 0 aliphatic rings. The van der Waals surface area contributed by atoms with Crippen LogP contribution in [-0.4, -0.2) is 16.8 Å². The molecule has 26 heavy (non-hydrogen) atoms. The van der Waals surface area contributed by atoms with E-state index in [9.17, 15) is 9.59 Å². The van der Waals surface area contributed by atoms with Crippen LogP contribution in [-0.2, 0) is 13.2 Å². The molecule has 0 saturated carbocycles. The molecule has 6 nitrogen and oxygen atoms in total. The van der Waals surface area contributed by atoms with Gasteiger partial charge in [0, 0.05) is 23.1 Å². The van der Waals surface area contributed by atoms with Crippen molar-refractivity contribution >= 4 is 23.2 Å². The highest BCUT2D eigenvalue weighted by atomic mass is 32.1. The predicted octanol–water partition coefficient (Wildman–Crippen LogP) is 2.75. The Morgan fingerprint density at radius 3 is 2.69 bits per heavy atom. The molecule has 0 saturated heterocycles. The molecular formula is C19H17N3O3S. The Kier molecular flexibility index (Phi) is 5.60. The van der Waals surface area contributed by atoms with E-state index in [1.165, 1.54) is 11.3 Å². The Hall–Kier alpha value is -3.19. The van der Waals surface area contributed by atoms with Crippen LogP contribution in [0.25, 0.3) is 0 Å². The Balaban J connectivity index is 1.60. The molecule has 1 aromatic heterocycles. The summed E-state index contributed by atoms with van der Waals surface area (Å²) in [6.45, 7) is 0.651. The van der Waals surface area contributed by atoms with Gasteiger partial charge in [0.25, 0.3) is 5.91 Å². The van der Waals surface area contributed by atoms with E-state index in [0.29, 0.717) is 30.0 Å². The Morgan fingerprint density at radius 2 is 1.92 bits per heavy atom. The number of ether oxygens (including phenoxy) is 1. The van der Waals surface area contributed by atoms with Crippen molar-refractivity contribution in [1.29, 1.82) is 0 Å². The molecule has 2 amide bonds. The lowest BCUT2D eigenvalue weighted by Crippen LogP contribution is -2.23. The number of aromatic nitrogens is 1. The molecule has 0 fully saturated rings. The summed E-state index contributed by atoms with van der Waals surface area (Å²) in [7, 11) is 0. The Morgan fingerprint density at radius 1 is 1.12 bits per heavy atom. The van der Waals surface area contributed by atoms with Crippen LogP contribution < -0.4 is 15.8 Å². The summed E-state index contributed by atoms with van der Waals surface area (Å²) >= 11 is 1.51. The number of carbonyl (C=O) groups is 2. The number of thiazole rings is 1. The van der Waals surface area contributed by atoms with Crippen molar-refractivity contribution in [1.82, 2.24) is 10.3 Å². The highest BCUT2D eigenvalue weighted by Crippen LogP contribution is 2.15. The van der Waals surface area contributed by atoms with Gasteiger partial charge in [-0.05, 0) is 35.9 Å². The van der Waals surface area contributed by atoms with Crippen molar-refractivity contribution in [3.8, 4) is 5.75 Å². The minimum atomic E-state index is -0.497. The van der Waals surface area contributed by atoms with Crippen molar-refractivity contribution in [2.24, 2.45) is 5.73 Å². The quantitative estimate of drug-likeness (QED) is 0.671. The largest absolute Gasteiger partial charge is 0.487 e. The molecule has 0 radical (unpaired) electrons. The smallest absolute Gasteiger partial charge is 0.251 e. The van der Waals surface area contributed by atoms with Crippen LogP contribution >= 0.6 is 11.3 Å². The van der Waals surface area contributed by atoms with Gasteiger partial charge in [-0.3, -0.25) is 9.59 Å². The third-order valence-corrected chi connectivity index (χ3v) is 4.27. The molecular weight excluding hydrogens is 350 g/mol. The van der Waals surface area contributed by atoms with Crippen LogP contribution in [0.4, 0.5) is 0 Å². The second-order valence-corrected chi connectivity index (χ2v) is 6.26. The summed E-state index contributed by atoms with van der Waals surface area (Å²) in [6.07, 6.45) is 0. The van der Waals surface area contributed by atoms with Gasteiger partial charge in [0.05, 0.1) is 11.2 Å². The summed E-state index contributed by atoms with van der Waals surface area (Å²) in [4.78, 5) is 27.7. The molecule has 0 aliphatic carbocycles. The summed E-state index contributed by atoms with van der Waals surface area (Å²) in [5, 5.41) is 4.73. The highest BCUT2D eigenvalue weighted by molar-refractivity contribution is 7.07. The first-order valence-electron chi connectivity index (χ1n) is 7.89. The average molecular weight is 367 g/mol. The normalized spacial score (nSPS) is 10.3. The first kappa shape index (κ1) is 17.6. The van der Waals surface area contributed by atoms with Crippen LogP contribution in [0.1, 0.15) is 32.0 Å². The molecule has 3 rings (SSSR count). The number of carbonyl (C=O) groups excluding carboxylic acids is 2. The molecule has 0 bridgehead atoms. The van der Waals surface area contributed by atoms with Gasteiger partial charge in [0.1, 0.15) is 12.4 Å². The van der Waals surface area contributed by atoms with E-state index in [4.69, 9.17) is 10.5 Å². The zero-order valence-corrected chi connectivity index (χ0v) is 14.7. The number of benzene rings is 2. The lowest BCUT2D eigenvalue weighted by Gasteiger charge is -2.09. The van der Waals surface area contributed by atoms with Gasteiger partial charge in [-0.1, -0.05) is 18.2 Å². The molecule has 2 aromatic carbocycles. The second-order valence-electron chi connectivity index (χ2n) is 5.54. The highest BCUT2D eigenvalue weighted by Gasteiger charge is 2.08. The molecule has 3 N–H and O–H groups in total. The van der Waals surface area contributed by atoms with E-state index in [-0.39, 0.29) is 5.91 Å². The molecule has 0 unspecified atom stereocenters. The predicted molar refractivity (Wildman–Crippen MR) is 99.0 cm³/mol. The molecule has 132 valence electrons. The van der Waals surface area contributed by atoms with Crippen LogP contribution in [0.3, 0.4) is 0 Å². The van der Waals surface area contributed by atoms with Gasteiger partial charge < -0.3 is 15.8 Å². The van der Waals surface area contributed by atoms with E-state index in [2.05, 4.69) is 10.3 Å². The van der Waals surface area contributed by atoms with Crippen molar-refractivity contribution in [3.05, 3.63) is 81.8 Å². The zero-order chi connectivity index (χ0) is 18.4. The van der Waals surface area contributed by atoms with Crippen LogP contribution in [0, 0.1) is 0 Å². The average Bonchev–Trinajstić information content (AvgIpc) is 3.18. The molecule has 0 aliphatic heterocycles. The summed E-state index contributed by atoms with van der Waals surface area (Å²) in [5.41, 5.74) is 9.56. The Bertz CT molecular complexity index is 910. The fourth-order valence-corrected chi connectivity index (χ4v) is 2.86. The minimum absolute atomic E-state index is 0.228. The monoisotopic (exact) mass is 367 g/mol. The maximum absolute atomic E-state index is 12.4. The third-order valence-electron chi connectivity index (χ3n) is 3.63. The second kappa shape index (κ2) is 8.26. The van der Waals surface area contributed by atoms with Crippen LogP contribution in [0.5, 0.6) is 5.75 Å². The maximum Gasteiger partial charge on any atom is 0.251 e. The molecule has 7 heteroatoms. The van der Waals surface area contributed by atoms with Crippen molar-refractivity contribution in [2.45, 2.75) is 13.2 Å². The van der Waals surface area contributed by atoms with E-state index < -0.39 is 5.91 Å². The molecule has 1 heterocycles. The summed E-state index contributed by atoms with van der Waals surface area (Å²) in [6, 6.07) is 13.8. The number of hydrogen-bond acceptors (Lipinski definition) is 5. The van der Waals surface area contributed by atoms with Crippen molar-refractivity contribution in [2.75, 3.05) is 0 Å². The number of primary amides is 1. The standard InChI is InChI=1S/C19H17N3O3S/c20-18(23)14-4-1-3-13(7-14)9-21-19(24)15-5-2-6-17(8-15)25-10-16-11-26-12-22-16/h1-8,11-12H,9-10H2,(H2,20,23)(H,21,24). The van der Waals surface area contributed by atoms with Gasteiger partial charge in [0.15, 0.2) is 0 Å². The van der Waals surface area contributed by atoms with Gasteiger partial charge >= 0.3 is 0 Å². The van der Waals surface area contributed by atoms with Gasteiger partial charge in [-0.25, -0.2) is 4.98 Å². The summed E-state index contributed by atoms with van der Waals surface area (Å²) < 4.78 is 5.66. The number of nitrogens with zero attached hydrogens (tertiary/aromatic N) is 1. The van der Waals surface area contributed by atoms with Crippen molar-refractivity contribution < 1.29 is 14.3 Å². The van der Waals surface area contributed by atoms with Crippen LogP contribution in [0.15, 0.2) is 59.4 Å².